The van der Waals surface area contributed by atoms with Crippen LogP contribution in [-0.4, -0.2) is 21.9 Å². The molecule has 2 aromatic heterocycles. The summed E-state index contributed by atoms with van der Waals surface area (Å²) in [6.45, 7) is 1.82. The molecule has 170 valence electrons. The number of aromatic nitrogens is 2. The number of nitrogens with one attached hydrogen (secondary N) is 1. The Morgan fingerprint density at radius 2 is 1.82 bits per heavy atom. The molecular formula is C26H21F2N5O. The van der Waals surface area contributed by atoms with Gasteiger partial charge in [-0.25, -0.2) is 13.8 Å². The van der Waals surface area contributed by atoms with Gasteiger partial charge in [0.2, 0.25) is 5.91 Å². The van der Waals surface area contributed by atoms with Crippen molar-refractivity contribution in [3.8, 4) is 28.5 Å². The summed E-state index contributed by atoms with van der Waals surface area (Å²) in [4.78, 5) is 20.6. The second-order valence-corrected chi connectivity index (χ2v) is 7.69. The van der Waals surface area contributed by atoms with E-state index in [9.17, 15) is 18.8 Å². The van der Waals surface area contributed by atoms with Crippen molar-refractivity contribution < 1.29 is 13.6 Å². The van der Waals surface area contributed by atoms with Crippen LogP contribution in [0.3, 0.4) is 0 Å². The lowest BCUT2D eigenvalue weighted by Crippen LogP contribution is -2.35. The fraction of sp³-hybridized carbons (Fsp3) is 0.154. The summed E-state index contributed by atoms with van der Waals surface area (Å²) in [5.41, 5.74) is 8.77. The molecule has 6 nitrogen and oxygen atoms in total. The van der Waals surface area contributed by atoms with Gasteiger partial charge in [0.15, 0.2) is 0 Å². The van der Waals surface area contributed by atoms with Crippen LogP contribution in [0.2, 0.25) is 0 Å². The molecule has 4 aromatic rings. The van der Waals surface area contributed by atoms with Gasteiger partial charge in [0, 0.05) is 22.7 Å². The Kier molecular flexibility index (Phi) is 6.46. The first kappa shape index (κ1) is 22.8. The van der Waals surface area contributed by atoms with Crippen molar-refractivity contribution in [3.63, 3.8) is 0 Å². The molecule has 4 rings (SSSR count). The van der Waals surface area contributed by atoms with Gasteiger partial charge < -0.3 is 11.1 Å². The van der Waals surface area contributed by atoms with E-state index >= 15 is 0 Å². The molecule has 0 bridgehead atoms. The van der Waals surface area contributed by atoms with E-state index in [4.69, 9.17) is 5.73 Å². The highest BCUT2D eigenvalue weighted by atomic mass is 19.3. The third-order valence-electron chi connectivity index (χ3n) is 5.64. The molecule has 0 aliphatic rings. The second kappa shape index (κ2) is 9.63. The molecule has 0 spiro atoms. The fourth-order valence-electron chi connectivity index (χ4n) is 3.89. The molecule has 0 unspecified atom stereocenters. The van der Waals surface area contributed by atoms with Crippen LogP contribution in [0, 0.1) is 11.3 Å². The second-order valence-electron chi connectivity index (χ2n) is 7.69. The topological polar surface area (TPSA) is 105 Å². The van der Waals surface area contributed by atoms with E-state index in [-0.39, 0.29) is 11.1 Å². The minimum absolute atomic E-state index is 0.0496. The molecular weight excluding hydrogens is 436 g/mol. The van der Waals surface area contributed by atoms with Gasteiger partial charge in [0.25, 0.3) is 6.43 Å². The summed E-state index contributed by atoms with van der Waals surface area (Å²) in [6, 6.07) is 16.5. The van der Waals surface area contributed by atoms with Gasteiger partial charge in [-0.3, -0.25) is 9.78 Å². The van der Waals surface area contributed by atoms with Crippen molar-refractivity contribution >= 4 is 22.5 Å². The normalized spacial score (nSPS) is 11.9. The fourth-order valence-corrected chi connectivity index (χ4v) is 3.89. The van der Waals surface area contributed by atoms with E-state index < -0.39 is 18.4 Å². The summed E-state index contributed by atoms with van der Waals surface area (Å²) >= 11 is 0. The van der Waals surface area contributed by atoms with Gasteiger partial charge in [0.05, 0.1) is 23.1 Å². The standard InChI is InChI=1S/C26H21F2N5O/c1-2-21(26(30)34)32-24-19-11-12-31-14-22(19)33-23(20(24)13-29)16-9-7-15(8-10-16)17-5-3-4-6-18(17)25(27)28/h3-12,14,21,25H,2H2,1H3,(H2,30,34)(H,32,33)/t21-/m1/s1. The van der Waals surface area contributed by atoms with Gasteiger partial charge in [-0.05, 0) is 23.6 Å². The maximum atomic E-state index is 13.4. The molecule has 1 atom stereocenters. The zero-order valence-electron chi connectivity index (χ0n) is 18.3. The first-order chi connectivity index (χ1) is 16.4. The number of halogens is 2. The molecule has 0 fully saturated rings. The molecule has 0 aliphatic heterocycles. The first-order valence-electron chi connectivity index (χ1n) is 10.7. The molecule has 34 heavy (non-hydrogen) atoms. The summed E-state index contributed by atoms with van der Waals surface area (Å²) in [7, 11) is 0. The van der Waals surface area contributed by atoms with Crippen molar-refractivity contribution in [3.05, 3.63) is 78.1 Å². The Bertz CT molecular complexity index is 1400. The average Bonchev–Trinajstić information content (AvgIpc) is 2.86. The summed E-state index contributed by atoms with van der Waals surface area (Å²) in [5.74, 6) is -0.533. The van der Waals surface area contributed by atoms with Crippen LogP contribution in [-0.2, 0) is 4.79 Å². The Hall–Kier alpha value is -4.38. The largest absolute Gasteiger partial charge is 0.372 e. The lowest BCUT2D eigenvalue weighted by Gasteiger charge is -2.19. The lowest BCUT2D eigenvalue weighted by molar-refractivity contribution is -0.118. The zero-order valence-corrected chi connectivity index (χ0v) is 18.3. The van der Waals surface area contributed by atoms with Gasteiger partial charge in [0.1, 0.15) is 17.7 Å². The minimum atomic E-state index is -2.60. The number of hydrogen-bond donors (Lipinski definition) is 2. The monoisotopic (exact) mass is 457 g/mol. The van der Waals surface area contributed by atoms with Crippen molar-refractivity contribution in [2.45, 2.75) is 25.8 Å². The van der Waals surface area contributed by atoms with Gasteiger partial charge in [-0.2, -0.15) is 5.26 Å². The number of carbonyl (C=O) groups is 1. The molecule has 1 amide bonds. The summed E-state index contributed by atoms with van der Waals surface area (Å²) in [6.07, 6.45) is 0.990. The number of primary amides is 1. The highest BCUT2D eigenvalue weighted by Crippen LogP contribution is 2.36. The van der Waals surface area contributed by atoms with Crippen LogP contribution >= 0.6 is 0 Å². The van der Waals surface area contributed by atoms with Gasteiger partial charge in [-0.1, -0.05) is 55.5 Å². The summed E-state index contributed by atoms with van der Waals surface area (Å²) in [5, 5.41) is 13.8. The van der Waals surface area contributed by atoms with Crippen molar-refractivity contribution in [2.75, 3.05) is 5.32 Å². The summed E-state index contributed by atoms with van der Waals surface area (Å²) < 4.78 is 26.9. The van der Waals surface area contributed by atoms with E-state index in [0.29, 0.717) is 45.4 Å². The molecule has 2 heterocycles. The number of amides is 1. The lowest BCUT2D eigenvalue weighted by atomic mass is 9.96. The van der Waals surface area contributed by atoms with Crippen LogP contribution in [0.5, 0.6) is 0 Å². The predicted octanol–water partition coefficient (Wildman–Crippen LogP) is 5.45. The predicted molar refractivity (Wildman–Crippen MR) is 127 cm³/mol. The first-order valence-corrected chi connectivity index (χ1v) is 10.7. The number of rotatable bonds is 7. The molecule has 0 aliphatic carbocycles. The maximum Gasteiger partial charge on any atom is 0.264 e. The molecule has 0 saturated heterocycles. The number of nitrogens with two attached hydrogens (primary N) is 1. The highest BCUT2D eigenvalue weighted by Gasteiger charge is 2.21. The number of benzene rings is 2. The number of nitriles is 1. The van der Waals surface area contributed by atoms with Crippen LogP contribution in [0.25, 0.3) is 33.3 Å². The van der Waals surface area contributed by atoms with E-state index in [0.717, 1.165) is 0 Å². The Balaban J connectivity index is 1.85. The number of pyridine rings is 2. The number of alkyl halides is 2. The molecule has 0 radical (unpaired) electrons. The third kappa shape index (κ3) is 4.28. The number of hydrogen-bond acceptors (Lipinski definition) is 5. The zero-order chi connectivity index (χ0) is 24.2. The Morgan fingerprint density at radius 1 is 1.12 bits per heavy atom. The van der Waals surface area contributed by atoms with E-state index in [2.05, 4.69) is 21.4 Å². The van der Waals surface area contributed by atoms with Gasteiger partial charge in [-0.15, -0.1) is 0 Å². The SMILES string of the molecule is CC[C@@H](Nc1c(C#N)c(-c2ccc(-c3ccccc3C(F)F)cc2)nc2cnccc12)C(N)=O. The number of carbonyl (C=O) groups excluding carboxylic acids is 1. The van der Waals surface area contributed by atoms with Crippen LogP contribution in [0.4, 0.5) is 14.5 Å². The average molecular weight is 457 g/mol. The number of fused-ring (bicyclic) bond motifs is 1. The van der Waals surface area contributed by atoms with Gasteiger partial charge >= 0.3 is 0 Å². The molecule has 0 saturated carbocycles. The number of anilines is 1. The van der Waals surface area contributed by atoms with Crippen LogP contribution < -0.4 is 11.1 Å². The minimum Gasteiger partial charge on any atom is -0.372 e. The molecule has 2 aromatic carbocycles. The number of nitrogens with zero attached hydrogens (tertiary/aromatic N) is 3. The molecule has 8 heteroatoms. The smallest absolute Gasteiger partial charge is 0.264 e. The van der Waals surface area contributed by atoms with E-state index in [1.807, 2.05) is 6.92 Å². The van der Waals surface area contributed by atoms with Crippen molar-refractivity contribution in [1.29, 1.82) is 5.26 Å². The Morgan fingerprint density at radius 3 is 2.47 bits per heavy atom. The maximum absolute atomic E-state index is 13.4. The van der Waals surface area contributed by atoms with Crippen molar-refractivity contribution in [2.24, 2.45) is 5.73 Å². The highest BCUT2D eigenvalue weighted by molar-refractivity contribution is 5.99. The van der Waals surface area contributed by atoms with E-state index in [1.165, 1.54) is 6.07 Å². The molecule has 3 N–H and O–H groups in total. The third-order valence-corrected chi connectivity index (χ3v) is 5.64. The van der Waals surface area contributed by atoms with Crippen molar-refractivity contribution in [1.82, 2.24) is 9.97 Å². The van der Waals surface area contributed by atoms with E-state index in [1.54, 1.807) is 60.9 Å². The van der Waals surface area contributed by atoms with Crippen LogP contribution in [0.15, 0.2) is 67.0 Å². The Labute approximate surface area is 195 Å². The van der Waals surface area contributed by atoms with Crippen LogP contribution in [0.1, 0.15) is 30.9 Å². The quantitative estimate of drug-likeness (QED) is 0.384.